The maximum absolute atomic E-state index is 11.2. The summed E-state index contributed by atoms with van der Waals surface area (Å²) in [7, 11) is -3.51. The highest BCUT2D eigenvalue weighted by Gasteiger charge is 2.33. The first kappa shape index (κ1) is 33.1. The molecule has 0 spiro atoms. The first-order valence-corrected chi connectivity index (χ1v) is 15.6. The van der Waals surface area contributed by atoms with Crippen LogP contribution in [0.5, 0.6) is 0 Å². The molecule has 2 aromatic carbocycles. The fraction of sp³-hybridized carbons (Fsp3) is 0.520. The average molecular weight is 645 g/mol. The van der Waals surface area contributed by atoms with Crippen LogP contribution in [0.25, 0.3) is 10.4 Å². The van der Waals surface area contributed by atoms with Crippen molar-refractivity contribution in [2.45, 2.75) is 38.8 Å². The molecule has 4 atom stereocenters. The quantitative estimate of drug-likeness (QED) is 0.0764. The fourth-order valence-electron chi connectivity index (χ4n) is 5.14. The predicted molar refractivity (Wildman–Crippen MR) is 161 cm³/mol. The lowest BCUT2D eigenvalue weighted by atomic mass is 10.0. The van der Waals surface area contributed by atoms with Gasteiger partial charge in [0, 0.05) is 65.2 Å². The molecule has 4 rings (SSSR count). The lowest BCUT2D eigenvalue weighted by Gasteiger charge is -2.21. The van der Waals surface area contributed by atoms with E-state index in [2.05, 4.69) is 10.0 Å². The second-order valence-electron chi connectivity index (χ2n) is 10.2. The molecule has 2 fully saturated rings. The van der Waals surface area contributed by atoms with Gasteiger partial charge in [-0.3, -0.25) is 24.4 Å². The number of hydrogen-bond donors (Lipinski definition) is 0. The van der Waals surface area contributed by atoms with Gasteiger partial charge >= 0.3 is 0 Å². The molecule has 2 aliphatic heterocycles. The molecule has 0 bridgehead atoms. The second kappa shape index (κ2) is 14.2. The Morgan fingerprint density at radius 2 is 1.40 bits per heavy atom. The zero-order valence-corrected chi connectivity index (χ0v) is 25.5. The minimum Gasteiger partial charge on any atom is -0.366 e. The third-order valence-electron chi connectivity index (χ3n) is 7.31. The Morgan fingerprint density at radius 1 is 0.952 bits per heavy atom. The number of anilines is 2. The van der Waals surface area contributed by atoms with Crippen LogP contribution in [0, 0.1) is 32.1 Å². The van der Waals surface area contributed by atoms with Gasteiger partial charge in [-0.1, -0.05) is 35.2 Å². The van der Waals surface area contributed by atoms with Crippen LogP contribution in [-0.2, 0) is 14.3 Å². The van der Waals surface area contributed by atoms with Crippen molar-refractivity contribution in [2.75, 3.05) is 42.2 Å². The molecule has 2 aliphatic rings. The molecule has 2 heterocycles. The first-order chi connectivity index (χ1) is 19.7. The van der Waals surface area contributed by atoms with Gasteiger partial charge in [0.25, 0.3) is 21.5 Å². The van der Waals surface area contributed by atoms with E-state index < -0.39 is 26.1 Å². The fourth-order valence-corrected chi connectivity index (χ4v) is 6.18. The summed E-state index contributed by atoms with van der Waals surface area (Å²) in [4.78, 5) is 28.0. The molecule has 0 N–H and O–H groups in total. The molecule has 4 unspecified atom stereocenters. The molecule has 0 aliphatic carbocycles. The van der Waals surface area contributed by atoms with Gasteiger partial charge in [-0.25, -0.2) is 0 Å². The Bertz CT molecular complexity index is 1470. The zero-order valence-electron chi connectivity index (χ0n) is 23.2. The van der Waals surface area contributed by atoms with Crippen molar-refractivity contribution in [3.05, 3.63) is 77.1 Å². The highest BCUT2D eigenvalue weighted by Crippen LogP contribution is 2.36. The molecular weight excluding hydrogens is 613 g/mol. The van der Waals surface area contributed by atoms with Crippen LogP contribution in [-0.4, -0.2) is 62.8 Å². The van der Waals surface area contributed by atoms with Gasteiger partial charge in [-0.2, -0.15) is 8.42 Å². The summed E-state index contributed by atoms with van der Waals surface area (Å²) in [6.07, 6.45) is 2.10. The summed E-state index contributed by atoms with van der Waals surface area (Å²) in [5.41, 5.74) is 9.48. The van der Waals surface area contributed by atoms with Crippen LogP contribution in [0.15, 0.2) is 41.5 Å². The zero-order chi connectivity index (χ0) is 31.2. The van der Waals surface area contributed by atoms with Crippen LogP contribution in [0.4, 0.5) is 22.7 Å². The molecule has 228 valence electrons. The summed E-state index contributed by atoms with van der Waals surface area (Å²) in [6.45, 7) is 6.01. The Kier molecular flexibility index (Phi) is 11.2. The monoisotopic (exact) mass is 643 g/mol. The highest BCUT2D eigenvalue weighted by atomic mass is 35.5. The Hall–Kier alpha value is -3.36. The standard InChI is InChI=1S/C13H17ClN2O5S.C12H14ClN5O2/c1-9(21-22(2,19)20)10-5-6-15(8-10)12-4-3-11(14)7-13(12)16(17)18;1-8(15-16-14)9-4-5-17(7-9)11-3-2-10(13)6-12(11)18(19)20/h3-4,7,9-10H,5-6,8H2,1-2H3;2-3,6,8-9H,4-5,7H2,1H3. The Morgan fingerprint density at radius 3 is 1.83 bits per heavy atom. The summed E-state index contributed by atoms with van der Waals surface area (Å²) < 4.78 is 27.4. The molecule has 42 heavy (non-hydrogen) atoms. The number of azide groups is 1. The van der Waals surface area contributed by atoms with E-state index in [0.717, 1.165) is 12.7 Å². The van der Waals surface area contributed by atoms with Gasteiger partial charge in [0.1, 0.15) is 11.4 Å². The number of nitro benzene ring substituents is 2. The summed E-state index contributed by atoms with van der Waals surface area (Å²) in [5.74, 6) is 0.200. The highest BCUT2D eigenvalue weighted by molar-refractivity contribution is 7.86. The van der Waals surface area contributed by atoms with Crippen molar-refractivity contribution in [1.82, 2.24) is 0 Å². The molecule has 2 saturated heterocycles. The molecule has 14 nitrogen and oxygen atoms in total. The molecular formula is C25H31Cl2N7O7S. The summed E-state index contributed by atoms with van der Waals surface area (Å²) >= 11 is 11.6. The third kappa shape index (κ3) is 8.82. The predicted octanol–water partition coefficient (Wildman–Crippen LogP) is 6.21. The van der Waals surface area contributed by atoms with E-state index in [1.807, 2.05) is 16.7 Å². The number of rotatable bonds is 9. The molecule has 2 aromatic rings. The average Bonchev–Trinajstić information content (AvgIpc) is 3.59. The molecule has 17 heteroatoms. The van der Waals surface area contributed by atoms with Gasteiger partial charge in [0.2, 0.25) is 0 Å². The van der Waals surface area contributed by atoms with Gasteiger partial charge in [0.15, 0.2) is 0 Å². The summed E-state index contributed by atoms with van der Waals surface area (Å²) in [6, 6.07) is 9.10. The minimum absolute atomic E-state index is 0.00888. The molecule has 0 saturated carbocycles. The van der Waals surface area contributed by atoms with E-state index in [1.165, 1.54) is 12.1 Å². The number of nitrogens with zero attached hydrogens (tertiary/aromatic N) is 7. The summed E-state index contributed by atoms with van der Waals surface area (Å²) in [5, 5.41) is 26.6. The Labute approximate surface area is 253 Å². The van der Waals surface area contributed by atoms with E-state index in [-0.39, 0.29) is 29.3 Å². The maximum atomic E-state index is 11.2. The van der Waals surface area contributed by atoms with Gasteiger partial charge < -0.3 is 9.80 Å². The number of benzene rings is 2. The van der Waals surface area contributed by atoms with Crippen molar-refractivity contribution >= 4 is 56.1 Å². The largest absolute Gasteiger partial charge is 0.366 e. The van der Waals surface area contributed by atoms with Crippen molar-refractivity contribution in [3.8, 4) is 0 Å². The topological polar surface area (TPSA) is 185 Å². The smallest absolute Gasteiger partial charge is 0.294 e. The third-order valence-corrected chi connectivity index (χ3v) is 8.43. The first-order valence-electron chi connectivity index (χ1n) is 13.0. The molecule has 0 aromatic heterocycles. The van der Waals surface area contributed by atoms with Crippen molar-refractivity contribution in [2.24, 2.45) is 17.0 Å². The minimum atomic E-state index is -3.51. The molecule has 0 radical (unpaired) electrons. The van der Waals surface area contributed by atoms with Gasteiger partial charge in [-0.05, 0) is 55.5 Å². The van der Waals surface area contributed by atoms with Crippen molar-refractivity contribution in [1.29, 1.82) is 0 Å². The normalized spacial score (nSPS) is 19.8. The van der Waals surface area contributed by atoms with Crippen LogP contribution in [0.2, 0.25) is 10.0 Å². The second-order valence-corrected chi connectivity index (χ2v) is 12.7. The molecule has 0 amide bonds. The van der Waals surface area contributed by atoms with Crippen LogP contribution >= 0.6 is 23.2 Å². The SMILES string of the molecule is CC(N=[N+]=[N-])C1CCN(c2ccc(Cl)cc2[N+](=O)[O-])C1.CC(OS(C)(=O)=O)C1CCN(c2ccc(Cl)cc2[N+](=O)[O-])C1. The van der Waals surface area contributed by atoms with Gasteiger partial charge in [-0.15, -0.1) is 0 Å². The number of halogens is 2. The van der Waals surface area contributed by atoms with E-state index in [4.69, 9.17) is 32.9 Å². The van der Waals surface area contributed by atoms with Crippen molar-refractivity contribution in [3.63, 3.8) is 0 Å². The van der Waals surface area contributed by atoms with Crippen LogP contribution < -0.4 is 9.80 Å². The number of nitro groups is 2. The van der Waals surface area contributed by atoms with E-state index in [9.17, 15) is 28.6 Å². The lowest BCUT2D eigenvalue weighted by molar-refractivity contribution is -0.384. The maximum Gasteiger partial charge on any atom is 0.294 e. The van der Waals surface area contributed by atoms with E-state index in [1.54, 1.807) is 31.2 Å². The van der Waals surface area contributed by atoms with Gasteiger partial charge in [0.05, 0.1) is 22.2 Å². The van der Waals surface area contributed by atoms with E-state index in [0.29, 0.717) is 54.0 Å². The van der Waals surface area contributed by atoms with Crippen molar-refractivity contribution < 1.29 is 22.4 Å². The number of hydrogen-bond acceptors (Lipinski definition) is 10. The van der Waals surface area contributed by atoms with Crippen LogP contribution in [0.3, 0.4) is 0 Å². The Balaban J connectivity index is 0.000000231. The lowest BCUT2D eigenvalue weighted by Crippen LogP contribution is -2.27. The van der Waals surface area contributed by atoms with E-state index >= 15 is 0 Å². The van der Waals surface area contributed by atoms with Crippen LogP contribution in [0.1, 0.15) is 26.7 Å².